The van der Waals surface area contributed by atoms with Gasteiger partial charge < -0.3 is 5.73 Å². The van der Waals surface area contributed by atoms with Crippen LogP contribution in [0.25, 0.3) is 0 Å². The summed E-state index contributed by atoms with van der Waals surface area (Å²) in [7, 11) is 0. The van der Waals surface area contributed by atoms with Gasteiger partial charge in [0.2, 0.25) is 0 Å². The summed E-state index contributed by atoms with van der Waals surface area (Å²) >= 11 is 0. The molecule has 0 bridgehead atoms. The first kappa shape index (κ1) is 7.03. The van der Waals surface area contributed by atoms with Crippen LogP contribution < -0.4 is 5.73 Å². The molecule has 0 unspecified atom stereocenters. The molecule has 0 spiro atoms. The minimum absolute atomic E-state index is 0.425. The van der Waals surface area contributed by atoms with Crippen LogP contribution in [0.1, 0.15) is 5.56 Å². The van der Waals surface area contributed by atoms with Crippen LogP contribution in [0.5, 0.6) is 0 Å². The van der Waals surface area contributed by atoms with Crippen molar-refractivity contribution in [3.63, 3.8) is 0 Å². The monoisotopic (exact) mass is 160 g/mol. The molecule has 0 aliphatic carbocycles. The lowest BCUT2D eigenvalue weighted by Crippen LogP contribution is -2.22. The fourth-order valence-corrected chi connectivity index (χ4v) is 1.28. The standard InChI is InChI=1S/C9H8N2O/c10-9(12)8-5-6-3-1-2-4-7(6)11-8/h1-4H,5H2,(H2,10,12). The van der Waals surface area contributed by atoms with Gasteiger partial charge in [-0.25, -0.2) is 4.99 Å². The number of hydrogen-bond donors (Lipinski definition) is 1. The average molecular weight is 160 g/mol. The van der Waals surface area contributed by atoms with Gasteiger partial charge in [-0.15, -0.1) is 0 Å². The molecular formula is C9H8N2O. The Morgan fingerprint density at radius 2 is 2.17 bits per heavy atom. The van der Waals surface area contributed by atoms with E-state index in [1.807, 2.05) is 24.3 Å². The smallest absolute Gasteiger partial charge is 0.263 e. The molecule has 3 heteroatoms. The maximum absolute atomic E-state index is 10.8. The van der Waals surface area contributed by atoms with E-state index in [4.69, 9.17) is 5.73 Å². The van der Waals surface area contributed by atoms with Crippen LogP contribution in [0.4, 0.5) is 5.69 Å². The molecule has 0 saturated heterocycles. The predicted octanol–water partition coefficient (Wildman–Crippen LogP) is 0.801. The average Bonchev–Trinajstić information content (AvgIpc) is 2.46. The van der Waals surface area contributed by atoms with Crippen molar-refractivity contribution < 1.29 is 4.79 Å². The van der Waals surface area contributed by atoms with Gasteiger partial charge in [0, 0.05) is 6.42 Å². The third-order valence-electron chi connectivity index (χ3n) is 1.89. The van der Waals surface area contributed by atoms with Crippen LogP contribution in [0.15, 0.2) is 29.3 Å². The molecule has 0 saturated carbocycles. The van der Waals surface area contributed by atoms with Gasteiger partial charge in [0.05, 0.1) is 5.69 Å². The van der Waals surface area contributed by atoms with Gasteiger partial charge >= 0.3 is 0 Å². The Balaban J connectivity index is 2.41. The Labute approximate surface area is 69.9 Å². The number of primary amides is 1. The van der Waals surface area contributed by atoms with Crippen molar-refractivity contribution in [3.8, 4) is 0 Å². The number of benzene rings is 1. The van der Waals surface area contributed by atoms with Gasteiger partial charge in [0.15, 0.2) is 0 Å². The highest BCUT2D eigenvalue weighted by Crippen LogP contribution is 2.25. The summed E-state index contributed by atoms with van der Waals surface area (Å²) in [5.74, 6) is -0.425. The van der Waals surface area contributed by atoms with E-state index in [-0.39, 0.29) is 0 Å². The molecule has 3 nitrogen and oxygen atoms in total. The second-order valence-electron chi connectivity index (χ2n) is 2.73. The van der Waals surface area contributed by atoms with Crippen LogP contribution in [-0.4, -0.2) is 11.6 Å². The lowest BCUT2D eigenvalue weighted by Gasteiger charge is -1.92. The molecule has 1 aromatic carbocycles. The van der Waals surface area contributed by atoms with E-state index in [2.05, 4.69) is 4.99 Å². The first-order chi connectivity index (χ1) is 5.77. The summed E-state index contributed by atoms with van der Waals surface area (Å²) in [5.41, 5.74) is 7.50. The lowest BCUT2D eigenvalue weighted by atomic mass is 10.1. The number of carbonyl (C=O) groups is 1. The van der Waals surface area contributed by atoms with Crippen molar-refractivity contribution in [3.05, 3.63) is 29.8 Å². The number of nitrogens with two attached hydrogens (primary N) is 1. The SMILES string of the molecule is NC(=O)C1=Nc2ccccc2C1. The minimum atomic E-state index is -0.425. The fraction of sp³-hybridized carbons (Fsp3) is 0.111. The molecule has 2 rings (SSSR count). The zero-order valence-electron chi connectivity index (χ0n) is 6.45. The minimum Gasteiger partial charge on any atom is -0.365 e. The Hall–Kier alpha value is -1.64. The molecule has 0 aromatic heterocycles. The van der Waals surface area contributed by atoms with E-state index in [1.54, 1.807) is 0 Å². The molecule has 0 fully saturated rings. The van der Waals surface area contributed by atoms with E-state index in [0.29, 0.717) is 12.1 Å². The number of fused-ring (bicyclic) bond motifs is 1. The topological polar surface area (TPSA) is 55.5 Å². The van der Waals surface area contributed by atoms with E-state index in [1.165, 1.54) is 0 Å². The Kier molecular flexibility index (Phi) is 1.43. The maximum Gasteiger partial charge on any atom is 0.263 e. The van der Waals surface area contributed by atoms with Crippen LogP contribution in [0.2, 0.25) is 0 Å². The highest BCUT2D eigenvalue weighted by Gasteiger charge is 2.16. The highest BCUT2D eigenvalue weighted by molar-refractivity contribution is 6.40. The zero-order valence-corrected chi connectivity index (χ0v) is 6.45. The molecule has 12 heavy (non-hydrogen) atoms. The molecule has 2 N–H and O–H groups in total. The fourth-order valence-electron chi connectivity index (χ4n) is 1.28. The second-order valence-corrected chi connectivity index (χ2v) is 2.73. The number of amides is 1. The summed E-state index contributed by atoms with van der Waals surface area (Å²) < 4.78 is 0. The number of hydrogen-bond acceptors (Lipinski definition) is 2. The van der Waals surface area contributed by atoms with Crippen LogP contribution in [-0.2, 0) is 11.2 Å². The van der Waals surface area contributed by atoms with Crippen molar-refractivity contribution in [1.29, 1.82) is 0 Å². The van der Waals surface area contributed by atoms with E-state index in [0.717, 1.165) is 11.3 Å². The van der Waals surface area contributed by atoms with Crippen molar-refractivity contribution in [2.45, 2.75) is 6.42 Å². The summed E-state index contributed by atoms with van der Waals surface area (Å²) in [6.45, 7) is 0. The number of rotatable bonds is 1. The third-order valence-corrected chi connectivity index (χ3v) is 1.89. The maximum atomic E-state index is 10.8. The third kappa shape index (κ3) is 0.993. The van der Waals surface area contributed by atoms with Crippen molar-refractivity contribution >= 4 is 17.3 Å². The van der Waals surface area contributed by atoms with Gasteiger partial charge in [0.1, 0.15) is 5.71 Å². The number of nitrogens with zero attached hydrogens (tertiary/aromatic N) is 1. The molecule has 1 heterocycles. The molecule has 60 valence electrons. The van der Waals surface area contributed by atoms with Gasteiger partial charge in [-0.05, 0) is 11.6 Å². The largest absolute Gasteiger partial charge is 0.365 e. The summed E-state index contributed by atoms with van der Waals surface area (Å²) in [6.07, 6.45) is 0.575. The Bertz CT molecular complexity index is 369. The first-order valence-corrected chi connectivity index (χ1v) is 3.72. The van der Waals surface area contributed by atoms with Crippen LogP contribution >= 0.6 is 0 Å². The Morgan fingerprint density at radius 3 is 2.83 bits per heavy atom. The van der Waals surface area contributed by atoms with E-state index >= 15 is 0 Å². The number of para-hydroxylation sites is 1. The molecule has 1 aliphatic heterocycles. The second kappa shape index (κ2) is 2.44. The number of aliphatic imine (C=N–C) groups is 1. The van der Waals surface area contributed by atoms with Crippen molar-refractivity contribution in [1.82, 2.24) is 0 Å². The molecular weight excluding hydrogens is 152 g/mol. The molecule has 0 radical (unpaired) electrons. The van der Waals surface area contributed by atoms with Crippen molar-refractivity contribution in [2.75, 3.05) is 0 Å². The van der Waals surface area contributed by atoms with Crippen LogP contribution in [0, 0.1) is 0 Å². The molecule has 1 aliphatic rings. The molecule has 1 aromatic rings. The van der Waals surface area contributed by atoms with Crippen LogP contribution in [0.3, 0.4) is 0 Å². The quantitative estimate of drug-likeness (QED) is 0.649. The van der Waals surface area contributed by atoms with Crippen molar-refractivity contribution in [2.24, 2.45) is 10.7 Å². The molecule has 1 amide bonds. The van der Waals surface area contributed by atoms with E-state index in [9.17, 15) is 4.79 Å². The lowest BCUT2D eigenvalue weighted by molar-refractivity contribution is -0.112. The van der Waals surface area contributed by atoms with Gasteiger partial charge in [-0.2, -0.15) is 0 Å². The normalized spacial score (nSPS) is 13.8. The molecule has 0 atom stereocenters. The first-order valence-electron chi connectivity index (χ1n) is 3.72. The van der Waals surface area contributed by atoms with Gasteiger partial charge in [0.25, 0.3) is 5.91 Å². The Morgan fingerprint density at radius 1 is 1.42 bits per heavy atom. The highest BCUT2D eigenvalue weighted by atomic mass is 16.1. The number of carbonyl (C=O) groups excluding carboxylic acids is 1. The van der Waals surface area contributed by atoms with Gasteiger partial charge in [-0.3, -0.25) is 4.79 Å². The zero-order chi connectivity index (χ0) is 8.55. The van der Waals surface area contributed by atoms with Gasteiger partial charge in [-0.1, -0.05) is 18.2 Å². The summed E-state index contributed by atoms with van der Waals surface area (Å²) in [5, 5.41) is 0. The van der Waals surface area contributed by atoms with E-state index < -0.39 is 5.91 Å². The summed E-state index contributed by atoms with van der Waals surface area (Å²) in [4.78, 5) is 14.9. The summed E-state index contributed by atoms with van der Waals surface area (Å²) in [6, 6.07) is 7.66. The predicted molar refractivity (Wildman–Crippen MR) is 46.4 cm³/mol.